The molecule has 2 aromatic carbocycles. The van der Waals surface area contributed by atoms with Crippen LogP contribution in [0.1, 0.15) is 16.9 Å². The van der Waals surface area contributed by atoms with Crippen molar-refractivity contribution in [2.75, 3.05) is 0 Å². The molecule has 5 nitrogen and oxygen atoms in total. The largest absolute Gasteiger partial charge is 0.411 e. The molecule has 4 aromatic rings. The second-order valence-corrected chi connectivity index (χ2v) is 6.93. The molecule has 0 amide bonds. The fourth-order valence-electron chi connectivity index (χ4n) is 2.52. The molecule has 0 aliphatic rings. The van der Waals surface area contributed by atoms with Crippen LogP contribution in [0.15, 0.2) is 68.8 Å². The maximum atomic E-state index is 5.76. The lowest BCUT2D eigenvalue weighted by molar-refractivity contribution is 0.396. The quantitative estimate of drug-likeness (QED) is 0.448. The molecule has 0 spiro atoms. The second kappa shape index (κ2) is 7.17. The Balaban J connectivity index is 1.44. The zero-order valence-electron chi connectivity index (χ0n) is 14.5. The fourth-order valence-corrected chi connectivity index (χ4v) is 3.16. The molecule has 6 heteroatoms. The van der Waals surface area contributed by atoms with Gasteiger partial charge in [0.15, 0.2) is 0 Å². The van der Waals surface area contributed by atoms with Crippen LogP contribution in [0.5, 0.6) is 0 Å². The number of aromatic nitrogens is 3. The molecule has 26 heavy (non-hydrogen) atoms. The van der Waals surface area contributed by atoms with Gasteiger partial charge in [-0.1, -0.05) is 53.3 Å². The molecule has 0 saturated carbocycles. The molecular formula is C20H17N3O2S. The van der Waals surface area contributed by atoms with E-state index >= 15 is 0 Å². The molecule has 2 heterocycles. The number of nitrogens with zero attached hydrogens (tertiary/aromatic N) is 3. The number of thioether (sulfide) groups is 1. The Labute approximate surface area is 155 Å². The van der Waals surface area contributed by atoms with Crippen molar-refractivity contribution in [1.29, 1.82) is 0 Å². The van der Waals surface area contributed by atoms with Gasteiger partial charge in [0.2, 0.25) is 5.89 Å². The fraction of sp³-hybridized carbons (Fsp3) is 0.150. The first-order chi connectivity index (χ1) is 12.7. The van der Waals surface area contributed by atoms with Crippen LogP contribution in [0.3, 0.4) is 0 Å². The molecule has 0 atom stereocenters. The number of aryl methyl sites for hydroxylation is 2. The highest BCUT2D eigenvalue weighted by atomic mass is 32.2. The minimum absolute atomic E-state index is 0.510. The summed E-state index contributed by atoms with van der Waals surface area (Å²) in [7, 11) is 0. The van der Waals surface area contributed by atoms with Gasteiger partial charge in [0, 0.05) is 17.2 Å². The summed E-state index contributed by atoms with van der Waals surface area (Å²) in [5.41, 5.74) is 5.22. The van der Waals surface area contributed by atoms with Gasteiger partial charge in [-0.05, 0) is 37.1 Å². The van der Waals surface area contributed by atoms with E-state index in [-0.39, 0.29) is 0 Å². The Morgan fingerprint density at radius 3 is 2.54 bits per heavy atom. The van der Waals surface area contributed by atoms with Crippen LogP contribution in [-0.4, -0.2) is 15.4 Å². The lowest BCUT2D eigenvalue weighted by atomic mass is 10.1. The van der Waals surface area contributed by atoms with Crippen molar-refractivity contribution in [2.45, 2.75) is 24.8 Å². The van der Waals surface area contributed by atoms with Crippen molar-refractivity contribution >= 4 is 11.8 Å². The third-order valence-electron chi connectivity index (χ3n) is 4.13. The van der Waals surface area contributed by atoms with Gasteiger partial charge in [-0.15, -0.1) is 10.2 Å². The van der Waals surface area contributed by atoms with E-state index in [1.807, 2.05) is 42.5 Å². The van der Waals surface area contributed by atoms with Crippen molar-refractivity contribution in [3.8, 4) is 22.7 Å². The van der Waals surface area contributed by atoms with E-state index < -0.39 is 0 Å². The summed E-state index contributed by atoms with van der Waals surface area (Å²) in [6.45, 7) is 4.15. The Morgan fingerprint density at radius 2 is 1.73 bits per heavy atom. The van der Waals surface area contributed by atoms with Crippen molar-refractivity contribution in [3.05, 3.63) is 71.5 Å². The van der Waals surface area contributed by atoms with Gasteiger partial charge >= 0.3 is 0 Å². The number of benzene rings is 2. The van der Waals surface area contributed by atoms with E-state index in [2.05, 4.69) is 41.3 Å². The molecule has 0 unspecified atom stereocenters. The lowest BCUT2D eigenvalue weighted by Gasteiger charge is -2.00. The summed E-state index contributed by atoms with van der Waals surface area (Å²) < 4.78 is 11.2. The molecule has 4 rings (SSSR count). The SMILES string of the molecule is Cc1ccc(-c2nnc(SCc3cc(-c4ccccc4)no3)o2)cc1C. The summed E-state index contributed by atoms with van der Waals surface area (Å²) >= 11 is 1.43. The van der Waals surface area contributed by atoms with Gasteiger partial charge in [0.25, 0.3) is 5.22 Å². The molecule has 2 aromatic heterocycles. The number of hydrogen-bond donors (Lipinski definition) is 0. The predicted octanol–water partition coefficient (Wildman–Crippen LogP) is 5.30. The van der Waals surface area contributed by atoms with Crippen LogP contribution in [0.4, 0.5) is 0 Å². The zero-order valence-corrected chi connectivity index (χ0v) is 15.3. The van der Waals surface area contributed by atoms with Crippen LogP contribution in [0.25, 0.3) is 22.7 Å². The summed E-state index contributed by atoms with van der Waals surface area (Å²) in [4.78, 5) is 0. The zero-order chi connectivity index (χ0) is 17.9. The summed E-state index contributed by atoms with van der Waals surface area (Å²) in [5, 5.41) is 12.9. The molecule has 0 fully saturated rings. The standard InChI is InChI=1S/C20H17N3O2S/c1-13-8-9-16(10-14(13)2)19-21-22-20(24-19)26-12-17-11-18(23-25-17)15-6-4-3-5-7-15/h3-11H,12H2,1-2H3. The molecule has 0 saturated heterocycles. The van der Waals surface area contributed by atoms with Crippen molar-refractivity contribution < 1.29 is 8.94 Å². The van der Waals surface area contributed by atoms with E-state index in [0.29, 0.717) is 16.9 Å². The van der Waals surface area contributed by atoms with Crippen molar-refractivity contribution in [3.63, 3.8) is 0 Å². The topological polar surface area (TPSA) is 65.0 Å². The minimum atomic E-state index is 0.510. The number of rotatable bonds is 5. The van der Waals surface area contributed by atoms with Gasteiger partial charge in [0.1, 0.15) is 11.5 Å². The summed E-state index contributed by atoms with van der Waals surface area (Å²) in [6.07, 6.45) is 0. The average Bonchev–Trinajstić information content (AvgIpc) is 3.32. The molecule has 130 valence electrons. The Kier molecular flexibility index (Phi) is 4.58. The van der Waals surface area contributed by atoms with Crippen LogP contribution < -0.4 is 0 Å². The molecule has 0 radical (unpaired) electrons. The maximum absolute atomic E-state index is 5.76. The van der Waals surface area contributed by atoms with Crippen LogP contribution >= 0.6 is 11.8 Å². The summed E-state index contributed by atoms with van der Waals surface area (Å²) in [6, 6.07) is 18.0. The highest BCUT2D eigenvalue weighted by Crippen LogP contribution is 2.28. The molecule has 0 N–H and O–H groups in total. The Bertz CT molecular complexity index is 1020. The maximum Gasteiger partial charge on any atom is 0.277 e. The van der Waals surface area contributed by atoms with E-state index in [1.54, 1.807) is 0 Å². The van der Waals surface area contributed by atoms with Crippen molar-refractivity contribution in [2.24, 2.45) is 0 Å². The number of hydrogen-bond acceptors (Lipinski definition) is 6. The van der Waals surface area contributed by atoms with Crippen LogP contribution in [0.2, 0.25) is 0 Å². The molecule has 0 aliphatic heterocycles. The highest BCUT2D eigenvalue weighted by molar-refractivity contribution is 7.98. The smallest absolute Gasteiger partial charge is 0.277 e. The minimum Gasteiger partial charge on any atom is -0.411 e. The van der Waals surface area contributed by atoms with Gasteiger partial charge < -0.3 is 8.94 Å². The first kappa shape index (κ1) is 16.6. The second-order valence-electron chi connectivity index (χ2n) is 6.01. The molecule has 0 aliphatic carbocycles. The van der Waals surface area contributed by atoms with Gasteiger partial charge in [-0.25, -0.2) is 0 Å². The van der Waals surface area contributed by atoms with Gasteiger partial charge in [-0.3, -0.25) is 0 Å². The first-order valence-corrected chi connectivity index (χ1v) is 9.22. The summed E-state index contributed by atoms with van der Waals surface area (Å²) in [5.74, 6) is 1.87. The Hall–Kier alpha value is -2.86. The third kappa shape index (κ3) is 3.55. The third-order valence-corrected chi connectivity index (χ3v) is 4.97. The van der Waals surface area contributed by atoms with Gasteiger partial charge in [0.05, 0.1) is 5.75 Å². The monoisotopic (exact) mass is 363 g/mol. The van der Waals surface area contributed by atoms with Crippen molar-refractivity contribution in [1.82, 2.24) is 15.4 Å². The van der Waals surface area contributed by atoms with E-state index in [0.717, 1.165) is 22.6 Å². The van der Waals surface area contributed by atoms with E-state index in [9.17, 15) is 0 Å². The highest BCUT2D eigenvalue weighted by Gasteiger charge is 2.12. The van der Waals surface area contributed by atoms with Crippen LogP contribution in [-0.2, 0) is 5.75 Å². The normalized spacial score (nSPS) is 11.0. The Morgan fingerprint density at radius 1 is 0.885 bits per heavy atom. The average molecular weight is 363 g/mol. The van der Waals surface area contributed by atoms with Gasteiger partial charge in [-0.2, -0.15) is 0 Å². The molecule has 0 bridgehead atoms. The van der Waals surface area contributed by atoms with E-state index in [4.69, 9.17) is 8.94 Å². The lowest BCUT2D eigenvalue weighted by Crippen LogP contribution is -1.83. The first-order valence-electron chi connectivity index (χ1n) is 8.24. The van der Waals surface area contributed by atoms with Crippen LogP contribution in [0, 0.1) is 13.8 Å². The van der Waals surface area contributed by atoms with E-state index in [1.165, 1.54) is 22.9 Å². The predicted molar refractivity (Wildman–Crippen MR) is 101 cm³/mol. The molecular weight excluding hydrogens is 346 g/mol.